The highest BCUT2D eigenvalue weighted by Gasteiger charge is 2.21. The predicted molar refractivity (Wildman–Crippen MR) is 115 cm³/mol. The summed E-state index contributed by atoms with van der Waals surface area (Å²) in [6.07, 6.45) is 3.51. The summed E-state index contributed by atoms with van der Waals surface area (Å²) in [6, 6.07) is 10.3. The van der Waals surface area contributed by atoms with E-state index < -0.39 is 0 Å². The van der Waals surface area contributed by atoms with Crippen LogP contribution < -0.4 is 15.6 Å². The van der Waals surface area contributed by atoms with Gasteiger partial charge >= 0.3 is 0 Å². The van der Waals surface area contributed by atoms with Crippen LogP contribution in [0.5, 0.6) is 5.75 Å². The van der Waals surface area contributed by atoms with Crippen LogP contribution in [0.25, 0.3) is 11.4 Å². The van der Waals surface area contributed by atoms with Crippen LogP contribution in [0.2, 0.25) is 0 Å². The summed E-state index contributed by atoms with van der Waals surface area (Å²) in [7, 11) is 1.62. The third kappa shape index (κ3) is 5.11. The lowest BCUT2D eigenvalue weighted by molar-refractivity contribution is -0.121. The highest BCUT2D eigenvalue weighted by molar-refractivity contribution is 5.79. The second kappa shape index (κ2) is 9.35. The second-order valence-electron chi connectivity index (χ2n) is 7.52. The maximum absolute atomic E-state index is 12.7. The van der Waals surface area contributed by atoms with Crippen molar-refractivity contribution >= 4 is 5.91 Å². The number of methoxy groups -OCH3 is 1. The first kappa shape index (κ1) is 21.2. The van der Waals surface area contributed by atoms with Crippen LogP contribution in [0.4, 0.5) is 0 Å². The molecule has 0 spiro atoms. The van der Waals surface area contributed by atoms with Gasteiger partial charge in [0, 0.05) is 24.0 Å². The number of carbonyl (C=O) groups is 1. The molecule has 2 heterocycles. The predicted octanol–water partition coefficient (Wildman–Crippen LogP) is 3.20. The van der Waals surface area contributed by atoms with E-state index >= 15 is 0 Å². The Morgan fingerprint density at radius 2 is 1.90 bits per heavy atom. The highest BCUT2D eigenvalue weighted by Crippen LogP contribution is 2.22. The van der Waals surface area contributed by atoms with E-state index in [0.29, 0.717) is 11.5 Å². The fraction of sp³-hybridized carbons (Fsp3) is 0.304. The molecule has 3 aromatic rings. The first-order chi connectivity index (χ1) is 14.4. The van der Waals surface area contributed by atoms with Crippen LogP contribution in [-0.2, 0) is 11.2 Å². The number of nitrogens with one attached hydrogen (secondary N) is 2. The molecule has 1 aromatic carbocycles. The van der Waals surface area contributed by atoms with Gasteiger partial charge in [0.25, 0.3) is 5.56 Å². The van der Waals surface area contributed by atoms with Gasteiger partial charge in [-0.1, -0.05) is 26.0 Å². The quantitative estimate of drug-likeness (QED) is 0.628. The molecule has 0 unspecified atom stereocenters. The number of hydrogen-bond acceptors (Lipinski definition) is 5. The fourth-order valence-corrected chi connectivity index (χ4v) is 3.32. The van der Waals surface area contributed by atoms with Gasteiger partial charge < -0.3 is 15.0 Å². The smallest absolute Gasteiger partial charge is 0.251 e. The number of ether oxygens (including phenoxy) is 1. The summed E-state index contributed by atoms with van der Waals surface area (Å²) in [6.45, 7) is 5.91. The molecule has 0 aliphatic rings. The van der Waals surface area contributed by atoms with E-state index in [0.717, 1.165) is 22.4 Å². The number of rotatable bonds is 7. The van der Waals surface area contributed by atoms with Crippen molar-refractivity contribution < 1.29 is 9.53 Å². The monoisotopic (exact) mass is 406 g/mol. The third-order valence-corrected chi connectivity index (χ3v) is 4.84. The summed E-state index contributed by atoms with van der Waals surface area (Å²) in [4.78, 5) is 36.3. The van der Waals surface area contributed by atoms with Gasteiger partial charge in [0.15, 0.2) is 0 Å². The average Bonchev–Trinajstić information content (AvgIpc) is 2.72. The van der Waals surface area contributed by atoms with Crippen molar-refractivity contribution in [1.82, 2.24) is 20.3 Å². The zero-order chi connectivity index (χ0) is 21.7. The SMILES string of the molecule is COc1ccc(CC(=O)N[C@@H](c2cc(=O)[nH]c(-c3ccncc3)n2)C(C)C)cc1C. The Hall–Kier alpha value is -3.48. The van der Waals surface area contributed by atoms with E-state index in [1.165, 1.54) is 6.07 Å². The molecule has 2 N–H and O–H groups in total. The van der Waals surface area contributed by atoms with Crippen molar-refractivity contribution in [2.75, 3.05) is 7.11 Å². The molecule has 7 heteroatoms. The molecule has 3 rings (SSSR count). The zero-order valence-electron chi connectivity index (χ0n) is 17.6. The van der Waals surface area contributed by atoms with Gasteiger partial charge in [0.2, 0.25) is 5.91 Å². The topological polar surface area (TPSA) is 97.0 Å². The van der Waals surface area contributed by atoms with Crippen LogP contribution in [0, 0.1) is 12.8 Å². The highest BCUT2D eigenvalue weighted by atomic mass is 16.5. The van der Waals surface area contributed by atoms with Crippen molar-refractivity contribution in [3.63, 3.8) is 0 Å². The largest absolute Gasteiger partial charge is 0.496 e. The molecule has 2 aromatic heterocycles. The number of amides is 1. The minimum absolute atomic E-state index is 0.0474. The van der Waals surface area contributed by atoms with Crippen molar-refractivity contribution in [1.29, 1.82) is 0 Å². The van der Waals surface area contributed by atoms with Gasteiger partial charge in [-0.15, -0.1) is 0 Å². The zero-order valence-corrected chi connectivity index (χ0v) is 17.6. The number of benzene rings is 1. The van der Waals surface area contributed by atoms with Gasteiger partial charge in [-0.2, -0.15) is 0 Å². The number of hydrogen-bond donors (Lipinski definition) is 2. The number of pyridine rings is 1. The van der Waals surface area contributed by atoms with E-state index in [1.807, 2.05) is 39.0 Å². The maximum Gasteiger partial charge on any atom is 0.251 e. The number of carbonyl (C=O) groups excluding carboxylic acids is 1. The Morgan fingerprint density at radius 1 is 1.17 bits per heavy atom. The summed E-state index contributed by atoms with van der Waals surface area (Å²) in [5.41, 5.74) is 2.88. The minimum Gasteiger partial charge on any atom is -0.496 e. The molecule has 7 nitrogen and oxygen atoms in total. The number of aromatic amines is 1. The van der Waals surface area contributed by atoms with Crippen molar-refractivity contribution in [3.05, 3.63) is 76.0 Å². The van der Waals surface area contributed by atoms with Crippen LogP contribution >= 0.6 is 0 Å². The lowest BCUT2D eigenvalue weighted by atomic mass is 9.99. The summed E-state index contributed by atoms with van der Waals surface area (Å²) < 4.78 is 5.27. The number of H-pyrrole nitrogens is 1. The van der Waals surface area contributed by atoms with Gasteiger partial charge in [-0.3, -0.25) is 14.6 Å². The Bertz CT molecular complexity index is 1080. The van der Waals surface area contributed by atoms with Crippen LogP contribution in [0.1, 0.15) is 36.7 Å². The third-order valence-electron chi connectivity index (χ3n) is 4.84. The molecular formula is C23H26N4O3. The number of aryl methyl sites for hydroxylation is 1. The van der Waals surface area contributed by atoms with Crippen LogP contribution in [0.15, 0.2) is 53.6 Å². The maximum atomic E-state index is 12.7. The Kier molecular flexibility index (Phi) is 6.61. The summed E-state index contributed by atoms with van der Waals surface area (Å²) >= 11 is 0. The molecule has 1 atom stereocenters. The normalized spacial score (nSPS) is 11.9. The lowest BCUT2D eigenvalue weighted by Gasteiger charge is -2.22. The second-order valence-corrected chi connectivity index (χ2v) is 7.52. The van der Waals surface area contributed by atoms with E-state index in [4.69, 9.17) is 4.74 Å². The van der Waals surface area contributed by atoms with Crippen molar-refractivity contribution in [3.8, 4) is 17.1 Å². The lowest BCUT2D eigenvalue weighted by Crippen LogP contribution is -2.34. The molecule has 0 radical (unpaired) electrons. The summed E-state index contributed by atoms with van der Waals surface area (Å²) in [5.74, 6) is 1.15. The molecule has 0 fully saturated rings. The standard InChI is InChI=1S/C23H26N4O3/c1-14(2)22(26-20(28)12-16-5-6-19(30-4)15(3)11-16)18-13-21(29)27-23(25-18)17-7-9-24-10-8-17/h5-11,13-14,22H,12H2,1-4H3,(H,26,28)(H,25,27,29)/t22-/m1/s1. The minimum atomic E-state index is -0.389. The van der Waals surface area contributed by atoms with Crippen molar-refractivity contribution in [2.45, 2.75) is 33.2 Å². The first-order valence-electron chi connectivity index (χ1n) is 9.82. The molecule has 1 amide bonds. The fourth-order valence-electron chi connectivity index (χ4n) is 3.32. The molecule has 30 heavy (non-hydrogen) atoms. The van der Waals surface area contributed by atoms with Gasteiger partial charge in [0.1, 0.15) is 11.6 Å². The van der Waals surface area contributed by atoms with E-state index in [-0.39, 0.29) is 29.8 Å². The number of aromatic nitrogens is 3. The van der Waals surface area contributed by atoms with Gasteiger partial charge in [-0.25, -0.2) is 4.98 Å². The molecule has 156 valence electrons. The molecule has 0 aliphatic carbocycles. The first-order valence-corrected chi connectivity index (χ1v) is 9.82. The Morgan fingerprint density at radius 3 is 2.53 bits per heavy atom. The Labute approximate surface area is 175 Å². The van der Waals surface area contributed by atoms with Crippen LogP contribution in [-0.4, -0.2) is 28.0 Å². The molecular weight excluding hydrogens is 380 g/mol. The van der Waals surface area contributed by atoms with E-state index in [9.17, 15) is 9.59 Å². The van der Waals surface area contributed by atoms with Gasteiger partial charge in [0.05, 0.1) is 25.3 Å². The van der Waals surface area contributed by atoms with Crippen molar-refractivity contribution in [2.24, 2.45) is 5.92 Å². The molecule has 0 bridgehead atoms. The van der Waals surface area contributed by atoms with Gasteiger partial charge in [-0.05, 0) is 42.2 Å². The Balaban J connectivity index is 1.82. The summed E-state index contributed by atoms with van der Waals surface area (Å²) in [5, 5.41) is 3.04. The number of nitrogens with zero attached hydrogens (tertiary/aromatic N) is 2. The molecule has 0 aliphatic heterocycles. The van der Waals surface area contributed by atoms with E-state index in [2.05, 4.69) is 20.3 Å². The van der Waals surface area contributed by atoms with Crippen LogP contribution in [0.3, 0.4) is 0 Å². The molecule has 0 saturated heterocycles. The van der Waals surface area contributed by atoms with E-state index in [1.54, 1.807) is 31.6 Å². The molecule has 0 saturated carbocycles. The average molecular weight is 406 g/mol.